The summed E-state index contributed by atoms with van der Waals surface area (Å²) in [5.41, 5.74) is 0.447. The van der Waals surface area contributed by atoms with Gasteiger partial charge in [0.2, 0.25) is 9.84 Å². The van der Waals surface area contributed by atoms with Gasteiger partial charge in [0.25, 0.3) is 0 Å². The van der Waals surface area contributed by atoms with E-state index in [1.54, 1.807) is 48.5 Å². The van der Waals surface area contributed by atoms with Crippen molar-refractivity contribution in [1.82, 2.24) is 5.09 Å². The molecule has 0 spiro atoms. The van der Waals surface area contributed by atoms with Gasteiger partial charge in [0.05, 0.1) is 4.90 Å². The number of nitriles is 1. The fourth-order valence-electron chi connectivity index (χ4n) is 1.89. The Morgan fingerprint density at radius 3 is 2.00 bits per heavy atom. The summed E-state index contributed by atoms with van der Waals surface area (Å²) in [6, 6.07) is 18.5. The number of nitrogens with one attached hydrogen (secondary N) is 1. The molecule has 0 heterocycles. The van der Waals surface area contributed by atoms with E-state index in [4.69, 9.17) is 0 Å². The van der Waals surface area contributed by atoms with Crippen LogP contribution < -0.4 is 5.09 Å². The Labute approximate surface area is 126 Å². The van der Waals surface area contributed by atoms with Crippen molar-refractivity contribution >= 4 is 24.1 Å². The standard InChI is InChI=1S/C15H13N2O2PS/c16-11-14(17-20)15(12-7-3-1-4-8-12)21(18,19)13-9-5-2-6-10-13/h1-10,17H,20H2. The summed E-state index contributed by atoms with van der Waals surface area (Å²) in [6.07, 6.45) is 0. The van der Waals surface area contributed by atoms with Crippen LogP contribution >= 0.6 is 9.39 Å². The predicted molar refractivity (Wildman–Crippen MR) is 85.4 cm³/mol. The number of allylic oxidation sites excluding steroid dienone is 1. The molecule has 0 amide bonds. The molecule has 0 saturated carbocycles. The predicted octanol–water partition coefficient (Wildman–Crippen LogP) is 2.73. The highest BCUT2D eigenvalue weighted by atomic mass is 32.2. The smallest absolute Gasteiger partial charge is 0.209 e. The first-order valence-corrected chi connectivity index (χ1v) is 8.14. The molecular formula is C15H13N2O2PS. The third-order valence-electron chi connectivity index (χ3n) is 2.84. The van der Waals surface area contributed by atoms with Crippen LogP contribution in [0.25, 0.3) is 4.91 Å². The third kappa shape index (κ3) is 3.13. The maximum Gasteiger partial charge on any atom is 0.209 e. The summed E-state index contributed by atoms with van der Waals surface area (Å²) in [4.78, 5) is 0.114. The lowest BCUT2D eigenvalue weighted by Crippen LogP contribution is -2.11. The quantitative estimate of drug-likeness (QED) is 0.695. The van der Waals surface area contributed by atoms with Gasteiger partial charge < -0.3 is 5.09 Å². The average molecular weight is 316 g/mol. The number of sulfone groups is 1. The summed E-state index contributed by atoms with van der Waals surface area (Å²) in [6.45, 7) is 0. The molecule has 0 radical (unpaired) electrons. The highest BCUT2D eigenvalue weighted by molar-refractivity contribution is 8.00. The van der Waals surface area contributed by atoms with Crippen LogP contribution in [0, 0.1) is 11.3 Å². The van der Waals surface area contributed by atoms with Crippen LogP contribution in [0.5, 0.6) is 0 Å². The minimum Gasteiger partial charge on any atom is -0.360 e. The normalized spacial score (nSPS) is 12.2. The van der Waals surface area contributed by atoms with Crippen molar-refractivity contribution in [1.29, 1.82) is 5.26 Å². The van der Waals surface area contributed by atoms with Gasteiger partial charge in [-0.05, 0) is 27.1 Å². The molecule has 1 N–H and O–H groups in total. The molecule has 2 aromatic carbocycles. The van der Waals surface area contributed by atoms with E-state index in [2.05, 4.69) is 14.5 Å². The summed E-state index contributed by atoms with van der Waals surface area (Å²) < 4.78 is 25.7. The molecule has 0 aliphatic carbocycles. The summed E-state index contributed by atoms with van der Waals surface area (Å²) >= 11 is 0. The molecule has 0 aromatic heterocycles. The lowest BCUT2D eigenvalue weighted by atomic mass is 10.2. The lowest BCUT2D eigenvalue weighted by Gasteiger charge is -2.12. The van der Waals surface area contributed by atoms with Crippen molar-refractivity contribution in [2.24, 2.45) is 0 Å². The first-order valence-electron chi connectivity index (χ1n) is 6.08. The van der Waals surface area contributed by atoms with E-state index < -0.39 is 9.84 Å². The van der Waals surface area contributed by atoms with Gasteiger partial charge in [-0.15, -0.1) is 0 Å². The fourth-order valence-corrected chi connectivity index (χ4v) is 3.77. The van der Waals surface area contributed by atoms with Crippen molar-refractivity contribution in [2.75, 3.05) is 0 Å². The molecule has 2 rings (SSSR count). The molecule has 0 aliphatic heterocycles. The minimum absolute atomic E-state index is 0.0185. The maximum atomic E-state index is 12.8. The third-order valence-corrected chi connectivity index (χ3v) is 5.00. The molecule has 1 atom stereocenters. The van der Waals surface area contributed by atoms with Gasteiger partial charge in [-0.25, -0.2) is 8.42 Å². The number of rotatable bonds is 4. The van der Waals surface area contributed by atoms with Gasteiger partial charge in [-0.1, -0.05) is 48.5 Å². The SMILES string of the molecule is N#CC(NP)=C(c1ccccc1)S(=O)(=O)c1ccccc1. The van der Waals surface area contributed by atoms with Crippen molar-refractivity contribution in [2.45, 2.75) is 4.90 Å². The van der Waals surface area contributed by atoms with Gasteiger partial charge in [-0.3, -0.25) is 0 Å². The highest BCUT2D eigenvalue weighted by Gasteiger charge is 2.25. The van der Waals surface area contributed by atoms with E-state index in [0.29, 0.717) is 5.56 Å². The second-order valence-corrected chi connectivity index (χ2v) is 6.32. The monoisotopic (exact) mass is 316 g/mol. The Hall–Kier alpha value is -2.15. The second kappa shape index (κ2) is 6.53. The molecule has 6 heteroatoms. The molecule has 0 fully saturated rings. The molecule has 2 aromatic rings. The Bertz CT molecular complexity index is 795. The van der Waals surface area contributed by atoms with Crippen molar-refractivity contribution in [3.63, 3.8) is 0 Å². The van der Waals surface area contributed by atoms with Crippen LogP contribution in [0.1, 0.15) is 5.56 Å². The Balaban J connectivity index is 2.75. The summed E-state index contributed by atoms with van der Waals surface area (Å²) in [5.74, 6) is 0. The average Bonchev–Trinajstić information content (AvgIpc) is 2.54. The van der Waals surface area contributed by atoms with Crippen LogP contribution in [-0.2, 0) is 9.84 Å². The minimum atomic E-state index is -3.80. The number of benzene rings is 2. The van der Waals surface area contributed by atoms with Gasteiger partial charge in [0, 0.05) is 0 Å². The van der Waals surface area contributed by atoms with E-state index in [1.807, 2.05) is 6.07 Å². The van der Waals surface area contributed by atoms with Crippen LogP contribution in [-0.4, -0.2) is 8.42 Å². The van der Waals surface area contributed by atoms with Crippen molar-refractivity contribution < 1.29 is 8.42 Å². The van der Waals surface area contributed by atoms with Gasteiger partial charge in [0.1, 0.15) is 16.7 Å². The number of hydrogen-bond donors (Lipinski definition) is 1. The van der Waals surface area contributed by atoms with E-state index in [1.165, 1.54) is 12.1 Å². The molecule has 0 aliphatic rings. The van der Waals surface area contributed by atoms with Gasteiger partial charge in [-0.2, -0.15) is 5.26 Å². The molecule has 1 unspecified atom stereocenters. The molecule has 0 saturated heterocycles. The lowest BCUT2D eigenvalue weighted by molar-refractivity contribution is 0.605. The van der Waals surface area contributed by atoms with Crippen LogP contribution in [0.3, 0.4) is 0 Å². The van der Waals surface area contributed by atoms with E-state index in [-0.39, 0.29) is 15.5 Å². The van der Waals surface area contributed by atoms with Crippen molar-refractivity contribution in [3.8, 4) is 6.07 Å². The molecule has 4 nitrogen and oxygen atoms in total. The summed E-state index contributed by atoms with van der Waals surface area (Å²) in [5, 5.41) is 11.8. The molecule has 0 bridgehead atoms. The van der Waals surface area contributed by atoms with Gasteiger partial charge >= 0.3 is 0 Å². The zero-order valence-electron chi connectivity index (χ0n) is 11.0. The number of hydrogen-bond acceptors (Lipinski definition) is 4. The van der Waals surface area contributed by atoms with E-state index in [9.17, 15) is 13.7 Å². The Morgan fingerprint density at radius 2 is 1.52 bits per heavy atom. The Morgan fingerprint density at radius 1 is 1.00 bits per heavy atom. The van der Waals surface area contributed by atoms with Crippen LogP contribution in [0.4, 0.5) is 0 Å². The highest BCUT2D eigenvalue weighted by Crippen LogP contribution is 2.30. The molecule has 106 valence electrons. The molecule has 21 heavy (non-hydrogen) atoms. The van der Waals surface area contributed by atoms with Crippen LogP contribution in [0.15, 0.2) is 71.3 Å². The van der Waals surface area contributed by atoms with E-state index in [0.717, 1.165) is 0 Å². The topological polar surface area (TPSA) is 70.0 Å². The first-order chi connectivity index (χ1) is 10.1. The summed E-state index contributed by atoms with van der Waals surface area (Å²) in [7, 11) is -1.64. The maximum absolute atomic E-state index is 12.8. The fraction of sp³-hybridized carbons (Fsp3) is 0. The zero-order valence-corrected chi connectivity index (χ0v) is 13.0. The zero-order chi connectivity index (χ0) is 15.3. The number of nitrogens with zero attached hydrogens (tertiary/aromatic N) is 1. The largest absolute Gasteiger partial charge is 0.360 e. The first kappa shape index (κ1) is 15.2. The second-order valence-electron chi connectivity index (χ2n) is 4.14. The molecular weight excluding hydrogens is 303 g/mol. The van der Waals surface area contributed by atoms with Gasteiger partial charge in [0.15, 0.2) is 0 Å². The van der Waals surface area contributed by atoms with Crippen molar-refractivity contribution in [3.05, 3.63) is 71.9 Å². The van der Waals surface area contributed by atoms with Crippen LogP contribution in [0.2, 0.25) is 0 Å². The van der Waals surface area contributed by atoms with E-state index >= 15 is 0 Å². The Kier molecular flexibility index (Phi) is 4.74.